The van der Waals surface area contributed by atoms with Gasteiger partial charge in [0.1, 0.15) is 5.65 Å². The average Bonchev–Trinajstić information content (AvgIpc) is 3.20. The van der Waals surface area contributed by atoms with Crippen LogP contribution >= 0.6 is 0 Å². The van der Waals surface area contributed by atoms with Gasteiger partial charge in [0.05, 0.1) is 23.7 Å². The first kappa shape index (κ1) is 21.3. The number of hydrogen-bond acceptors (Lipinski definition) is 7. The van der Waals surface area contributed by atoms with Crippen molar-refractivity contribution in [1.29, 1.82) is 0 Å². The Hall–Kier alpha value is -2.56. The Kier molecular flexibility index (Phi) is 5.60. The van der Waals surface area contributed by atoms with Crippen molar-refractivity contribution in [3.8, 4) is 0 Å². The molecule has 0 amide bonds. The number of aromatic nitrogens is 4. The van der Waals surface area contributed by atoms with Crippen LogP contribution in [-0.2, 0) is 23.0 Å². The summed E-state index contributed by atoms with van der Waals surface area (Å²) in [6, 6.07) is 6.42. The standard InChI is InChI=1S/C22H29N7O2S/c1-26(19-7-3-5-17-6-4-9-23-21(17)19)15-18-16-29-20(25-18)8-10-24-22(29)27-11-13-28(14-12-27)32(2,30)31/h4,6,8-10,16,19H,3,5,7,11-15H2,1-2H3/t19-/m0/s1. The van der Waals surface area contributed by atoms with Gasteiger partial charge in [-0.15, -0.1) is 0 Å². The van der Waals surface area contributed by atoms with Crippen LogP contribution < -0.4 is 4.90 Å². The Bertz CT molecular complexity index is 1220. The summed E-state index contributed by atoms with van der Waals surface area (Å²) in [7, 11) is -1.02. The molecule has 1 atom stereocenters. The molecule has 5 rings (SSSR count). The summed E-state index contributed by atoms with van der Waals surface area (Å²) in [6.07, 6.45) is 10.4. The van der Waals surface area contributed by atoms with Gasteiger partial charge >= 0.3 is 0 Å². The zero-order chi connectivity index (χ0) is 22.3. The molecule has 0 aromatic carbocycles. The Morgan fingerprint density at radius 3 is 2.72 bits per heavy atom. The summed E-state index contributed by atoms with van der Waals surface area (Å²) in [6.45, 7) is 2.88. The Labute approximate surface area is 188 Å². The van der Waals surface area contributed by atoms with Crippen molar-refractivity contribution in [2.24, 2.45) is 0 Å². The molecule has 1 aliphatic carbocycles. The highest BCUT2D eigenvalue weighted by molar-refractivity contribution is 7.88. The first-order chi connectivity index (χ1) is 15.4. The highest BCUT2D eigenvalue weighted by Gasteiger charge is 2.27. The lowest BCUT2D eigenvalue weighted by atomic mass is 9.91. The molecule has 1 aliphatic heterocycles. The zero-order valence-corrected chi connectivity index (χ0v) is 19.4. The third kappa shape index (κ3) is 4.10. The maximum atomic E-state index is 11.8. The van der Waals surface area contributed by atoms with Crippen LogP contribution in [0.5, 0.6) is 0 Å². The van der Waals surface area contributed by atoms with Crippen LogP contribution in [0.15, 0.2) is 36.8 Å². The molecule has 3 aromatic rings. The molecule has 0 saturated carbocycles. The number of fused-ring (bicyclic) bond motifs is 2. The first-order valence-corrected chi connectivity index (χ1v) is 12.9. The minimum absolute atomic E-state index is 0.298. The molecule has 0 N–H and O–H groups in total. The monoisotopic (exact) mass is 455 g/mol. The van der Waals surface area contributed by atoms with Gasteiger partial charge in [0.15, 0.2) is 0 Å². The number of hydrogen-bond donors (Lipinski definition) is 0. The molecular weight excluding hydrogens is 426 g/mol. The van der Waals surface area contributed by atoms with Crippen LogP contribution in [0.25, 0.3) is 5.65 Å². The highest BCUT2D eigenvalue weighted by Crippen LogP contribution is 2.32. The van der Waals surface area contributed by atoms with Crippen molar-refractivity contribution >= 4 is 21.6 Å². The van der Waals surface area contributed by atoms with Gasteiger partial charge in [-0.3, -0.25) is 14.3 Å². The normalized spacial score (nSPS) is 20.1. The van der Waals surface area contributed by atoms with E-state index < -0.39 is 10.0 Å². The molecule has 170 valence electrons. The smallest absolute Gasteiger partial charge is 0.211 e. The molecule has 1 saturated heterocycles. The second kappa shape index (κ2) is 8.42. The van der Waals surface area contributed by atoms with Crippen LogP contribution in [0.2, 0.25) is 0 Å². The number of piperazine rings is 1. The number of rotatable bonds is 5. The fourth-order valence-corrected chi connectivity index (χ4v) is 5.69. The number of sulfonamides is 1. The molecule has 10 heteroatoms. The second-order valence-electron chi connectivity index (χ2n) is 8.73. The van der Waals surface area contributed by atoms with Gasteiger partial charge in [0, 0.05) is 51.3 Å². The zero-order valence-electron chi connectivity index (χ0n) is 18.6. The average molecular weight is 456 g/mol. The number of nitrogens with zero attached hydrogens (tertiary/aromatic N) is 7. The van der Waals surface area contributed by atoms with E-state index in [0.29, 0.717) is 32.2 Å². The van der Waals surface area contributed by atoms with E-state index in [-0.39, 0.29) is 0 Å². The third-order valence-electron chi connectivity index (χ3n) is 6.51. The lowest BCUT2D eigenvalue weighted by molar-refractivity contribution is 0.206. The van der Waals surface area contributed by atoms with Crippen molar-refractivity contribution in [3.05, 3.63) is 53.7 Å². The van der Waals surface area contributed by atoms with Crippen LogP contribution in [0.1, 0.15) is 35.8 Å². The Morgan fingerprint density at radius 2 is 1.94 bits per heavy atom. The van der Waals surface area contributed by atoms with E-state index >= 15 is 0 Å². The van der Waals surface area contributed by atoms with Gasteiger partial charge in [-0.2, -0.15) is 4.31 Å². The number of anilines is 1. The van der Waals surface area contributed by atoms with Crippen molar-refractivity contribution in [2.45, 2.75) is 31.8 Å². The summed E-state index contributed by atoms with van der Waals surface area (Å²) in [5.74, 6) is 0.807. The summed E-state index contributed by atoms with van der Waals surface area (Å²) < 4.78 is 27.2. The van der Waals surface area contributed by atoms with Crippen LogP contribution in [0, 0.1) is 0 Å². The van der Waals surface area contributed by atoms with Gasteiger partial charge < -0.3 is 4.90 Å². The van der Waals surface area contributed by atoms with E-state index in [1.165, 1.54) is 28.2 Å². The fraction of sp³-hybridized carbons (Fsp3) is 0.500. The topological polar surface area (TPSA) is 86.9 Å². The van der Waals surface area contributed by atoms with Crippen molar-refractivity contribution in [3.63, 3.8) is 0 Å². The van der Waals surface area contributed by atoms with Gasteiger partial charge in [0.2, 0.25) is 16.0 Å². The molecule has 0 radical (unpaired) electrons. The molecular formula is C22H29N7O2S. The van der Waals surface area contributed by atoms with E-state index in [4.69, 9.17) is 4.98 Å². The minimum atomic E-state index is -3.16. The molecule has 0 bridgehead atoms. The molecule has 0 spiro atoms. The summed E-state index contributed by atoms with van der Waals surface area (Å²) in [5, 5.41) is 0. The SMILES string of the molecule is CN(Cc1cn2c(N3CCN(S(C)(=O)=O)CC3)nccc2n1)[C@H]1CCCc2cccnc21. The fourth-order valence-electron chi connectivity index (χ4n) is 4.87. The molecule has 4 heterocycles. The second-order valence-corrected chi connectivity index (χ2v) is 10.7. The molecule has 2 aliphatic rings. The van der Waals surface area contributed by atoms with Crippen molar-refractivity contribution < 1.29 is 8.42 Å². The molecule has 0 unspecified atom stereocenters. The third-order valence-corrected chi connectivity index (χ3v) is 7.81. The summed E-state index contributed by atoms with van der Waals surface area (Å²) >= 11 is 0. The summed E-state index contributed by atoms with van der Waals surface area (Å²) in [5.41, 5.74) is 4.38. The number of imidazole rings is 1. The van der Waals surface area contributed by atoms with Crippen molar-refractivity contribution in [1.82, 2.24) is 28.6 Å². The van der Waals surface area contributed by atoms with E-state index in [0.717, 1.165) is 36.7 Å². The van der Waals surface area contributed by atoms with Crippen molar-refractivity contribution in [2.75, 3.05) is 44.4 Å². The Balaban J connectivity index is 1.35. The van der Waals surface area contributed by atoms with E-state index in [2.05, 4.69) is 39.1 Å². The predicted molar refractivity (Wildman–Crippen MR) is 123 cm³/mol. The summed E-state index contributed by atoms with van der Waals surface area (Å²) in [4.78, 5) is 18.6. The van der Waals surface area contributed by atoms with E-state index in [1.54, 1.807) is 6.20 Å². The highest BCUT2D eigenvalue weighted by atomic mass is 32.2. The number of aryl methyl sites for hydroxylation is 1. The van der Waals surface area contributed by atoms with Crippen LogP contribution in [-0.4, -0.2) is 76.5 Å². The van der Waals surface area contributed by atoms with Gasteiger partial charge in [-0.25, -0.2) is 18.4 Å². The largest absolute Gasteiger partial charge is 0.339 e. The maximum absolute atomic E-state index is 11.8. The lowest BCUT2D eigenvalue weighted by Gasteiger charge is -2.33. The van der Waals surface area contributed by atoms with Gasteiger partial charge in [0.25, 0.3) is 0 Å². The van der Waals surface area contributed by atoms with E-state index in [9.17, 15) is 8.42 Å². The van der Waals surface area contributed by atoms with Crippen LogP contribution in [0.4, 0.5) is 5.95 Å². The van der Waals surface area contributed by atoms with Gasteiger partial charge in [-0.05, 0) is 44.0 Å². The Morgan fingerprint density at radius 1 is 1.12 bits per heavy atom. The van der Waals surface area contributed by atoms with E-state index in [1.807, 2.05) is 22.7 Å². The molecule has 1 fully saturated rings. The molecule has 9 nitrogen and oxygen atoms in total. The lowest BCUT2D eigenvalue weighted by Crippen LogP contribution is -2.49. The molecule has 32 heavy (non-hydrogen) atoms. The molecule has 3 aromatic heterocycles. The number of pyridine rings is 1. The maximum Gasteiger partial charge on any atom is 0.211 e. The minimum Gasteiger partial charge on any atom is -0.339 e. The van der Waals surface area contributed by atoms with Crippen LogP contribution in [0.3, 0.4) is 0 Å². The quantitative estimate of drug-likeness (QED) is 0.579. The predicted octanol–water partition coefficient (Wildman–Crippen LogP) is 1.72. The van der Waals surface area contributed by atoms with Gasteiger partial charge in [-0.1, -0.05) is 6.07 Å². The first-order valence-electron chi connectivity index (χ1n) is 11.1.